The maximum Gasteiger partial charge on any atom is 0.148 e. The van der Waals surface area contributed by atoms with Crippen LogP contribution in [0.25, 0.3) is 10.9 Å². The lowest BCUT2D eigenvalue weighted by atomic mass is 10.1. The molecule has 0 amide bonds. The van der Waals surface area contributed by atoms with Gasteiger partial charge in [-0.05, 0) is 18.6 Å². The van der Waals surface area contributed by atoms with Gasteiger partial charge in [-0.2, -0.15) is 0 Å². The van der Waals surface area contributed by atoms with Crippen molar-refractivity contribution < 1.29 is 24.0 Å². The van der Waals surface area contributed by atoms with Gasteiger partial charge in [0.2, 0.25) is 0 Å². The van der Waals surface area contributed by atoms with E-state index in [4.69, 9.17) is 0 Å². The minimum absolute atomic E-state index is 0. The zero-order valence-corrected chi connectivity index (χ0v) is 10.6. The van der Waals surface area contributed by atoms with E-state index in [2.05, 4.69) is 49.2 Å². The summed E-state index contributed by atoms with van der Waals surface area (Å²) in [5, 5.41) is 1.30. The third-order valence-corrected chi connectivity index (χ3v) is 2.48. The Morgan fingerprint density at radius 3 is 2.71 bits per heavy atom. The normalized spacial score (nSPS) is 9.86. The third kappa shape index (κ3) is 2.05. The lowest BCUT2D eigenvalue weighted by Gasteiger charge is -1.97. The summed E-state index contributed by atoms with van der Waals surface area (Å²) in [6.07, 6.45) is 1.09. The summed E-state index contributed by atoms with van der Waals surface area (Å²) in [5.41, 5.74) is 3.90. The number of pyridine rings is 1. The quantitative estimate of drug-likeness (QED) is 0.577. The van der Waals surface area contributed by atoms with Crippen molar-refractivity contribution in [2.75, 3.05) is 0 Å². The summed E-state index contributed by atoms with van der Waals surface area (Å²) in [4.78, 5) is 3.41. The summed E-state index contributed by atoms with van der Waals surface area (Å²) < 4.78 is 0. The Hall–Kier alpha value is -0.640. The van der Waals surface area contributed by atoms with Crippen molar-refractivity contribution in [3.8, 4) is 0 Å². The molecule has 0 aliphatic rings. The van der Waals surface area contributed by atoms with Crippen LogP contribution in [0, 0.1) is 6.92 Å². The van der Waals surface area contributed by atoms with Crippen molar-refractivity contribution >= 4 is 10.9 Å². The first-order chi connectivity index (χ1) is 6.31. The van der Waals surface area contributed by atoms with Crippen LogP contribution in [0.3, 0.4) is 0 Å². The van der Waals surface area contributed by atoms with Gasteiger partial charge in [-0.25, -0.2) is 0 Å². The lowest BCUT2D eigenvalue weighted by Crippen LogP contribution is -3.00. The Bertz CT molecular complexity index is 437. The molecule has 0 aliphatic carbocycles. The van der Waals surface area contributed by atoms with Crippen LogP contribution in [0.2, 0.25) is 0 Å². The number of H-pyrrole nitrogens is 1. The molecule has 0 fully saturated rings. The molecule has 0 saturated heterocycles. The van der Waals surface area contributed by atoms with Crippen molar-refractivity contribution in [3.63, 3.8) is 0 Å². The maximum absolute atomic E-state index is 3.41. The minimum atomic E-state index is 0. The maximum atomic E-state index is 3.41. The highest BCUT2D eigenvalue weighted by atomic mass is 127. The highest BCUT2D eigenvalue weighted by Crippen LogP contribution is 2.16. The fraction of sp³-hybridized carbons (Fsp3) is 0.250. The molecule has 14 heavy (non-hydrogen) atoms. The largest absolute Gasteiger partial charge is 1.00 e. The lowest BCUT2D eigenvalue weighted by molar-refractivity contribution is -0.00000280. The van der Waals surface area contributed by atoms with Gasteiger partial charge in [0.05, 0.1) is 11.6 Å². The Morgan fingerprint density at radius 2 is 2.00 bits per heavy atom. The molecule has 0 spiro atoms. The van der Waals surface area contributed by atoms with E-state index >= 15 is 0 Å². The molecule has 2 rings (SSSR count). The second-order valence-electron chi connectivity index (χ2n) is 3.36. The molecule has 74 valence electrons. The molecule has 0 radical (unpaired) electrons. The standard InChI is InChI=1S/C12H14N.HI/c1-3-10-8-11-6-4-5-7-12(11)13-9(10)2;/h4-8,13H,3H2,1-2H3;1H/q+1;/p-1. The van der Waals surface area contributed by atoms with E-state index in [-0.39, 0.29) is 24.0 Å². The van der Waals surface area contributed by atoms with E-state index in [1.165, 1.54) is 22.2 Å². The van der Waals surface area contributed by atoms with Crippen LogP contribution in [-0.2, 0) is 6.42 Å². The van der Waals surface area contributed by atoms with E-state index in [1.807, 2.05) is 0 Å². The summed E-state index contributed by atoms with van der Waals surface area (Å²) in [6.45, 7) is 4.32. The van der Waals surface area contributed by atoms with Gasteiger partial charge in [-0.1, -0.05) is 13.0 Å². The first kappa shape index (κ1) is 11.4. The predicted octanol–water partition coefficient (Wildman–Crippen LogP) is 0.324. The number of hydrogen-bond donors (Lipinski definition) is 1. The molecule has 2 aromatic rings. The molecule has 1 aromatic heterocycles. The fourth-order valence-corrected chi connectivity index (χ4v) is 1.68. The zero-order chi connectivity index (χ0) is 9.26. The van der Waals surface area contributed by atoms with E-state index < -0.39 is 0 Å². The number of benzene rings is 1. The van der Waals surface area contributed by atoms with Gasteiger partial charge >= 0.3 is 0 Å². The highest BCUT2D eigenvalue weighted by molar-refractivity contribution is 5.79. The molecule has 1 nitrogen and oxygen atoms in total. The Morgan fingerprint density at radius 1 is 1.29 bits per heavy atom. The van der Waals surface area contributed by atoms with Crippen LogP contribution in [0.15, 0.2) is 30.3 Å². The first-order valence-electron chi connectivity index (χ1n) is 4.72. The van der Waals surface area contributed by atoms with Gasteiger partial charge in [-0.15, -0.1) is 0 Å². The fourth-order valence-electron chi connectivity index (χ4n) is 1.68. The SMILES string of the molecule is CCc1cc2ccccc2[nH][c+]1C.[I-]. The summed E-state index contributed by atoms with van der Waals surface area (Å²) >= 11 is 0. The highest BCUT2D eigenvalue weighted by Gasteiger charge is 2.06. The number of aromatic nitrogens is 1. The molecular weight excluding hydrogens is 285 g/mol. The number of rotatable bonds is 1. The molecule has 1 heterocycles. The molecule has 0 unspecified atom stereocenters. The predicted molar refractivity (Wildman–Crippen MR) is 56.8 cm³/mol. The number of fused-ring (bicyclic) bond motifs is 1. The van der Waals surface area contributed by atoms with Crippen LogP contribution < -0.4 is 24.0 Å². The van der Waals surface area contributed by atoms with E-state index in [0.29, 0.717) is 0 Å². The van der Waals surface area contributed by atoms with E-state index in [0.717, 1.165) is 6.42 Å². The van der Waals surface area contributed by atoms with E-state index in [1.54, 1.807) is 0 Å². The molecular formula is C12H14IN. The number of aryl methyl sites for hydroxylation is 2. The molecule has 0 bridgehead atoms. The molecule has 0 saturated carbocycles. The summed E-state index contributed by atoms with van der Waals surface area (Å²) in [6, 6.07) is 10.7. The zero-order valence-electron chi connectivity index (χ0n) is 8.47. The molecule has 1 N–H and O–H groups in total. The number of hydrogen-bond acceptors (Lipinski definition) is 0. The molecule has 1 aromatic carbocycles. The average molecular weight is 299 g/mol. The smallest absolute Gasteiger partial charge is 0.148 e. The van der Waals surface area contributed by atoms with Crippen molar-refractivity contribution in [1.29, 1.82) is 0 Å². The van der Waals surface area contributed by atoms with Crippen molar-refractivity contribution in [3.05, 3.63) is 41.6 Å². The number of halogens is 1. The van der Waals surface area contributed by atoms with Crippen molar-refractivity contribution in [1.82, 2.24) is 4.98 Å². The van der Waals surface area contributed by atoms with Gasteiger partial charge in [0, 0.05) is 13.0 Å². The Kier molecular flexibility index (Phi) is 3.86. The first-order valence-corrected chi connectivity index (χ1v) is 4.72. The van der Waals surface area contributed by atoms with Gasteiger partial charge in [0.1, 0.15) is 16.6 Å². The van der Waals surface area contributed by atoms with Gasteiger partial charge in [-0.3, -0.25) is 4.98 Å². The van der Waals surface area contributed by atoms with E-state index in [9.17, 15) is 0 Å². The van der Waals surface area contributed by atoms with Crippen LogP contribution in [-0.4, -0.2) is 4.98 Å². The van der Waals surface area contributed by atoms with Crippen LogP contribution in [0.5, 0.6) is 0 Å². The Labute approximate surface area is 102 Å². The average Bonchev–Trinajstić information content (AvgIpc) is 2.17. The number of para-hydroxylation sites is 1. The van der Waals surface area contributed by atoms with Crippen molar-refractivity contribution in [2.45, 2.75) is 20.3 Å². The Balaban J connectivity index is 0.000000980. The summed E-state index contributed by atoms with van der Waals surface area (Å²) in [7, 11) is 0. The second-order valence-corrected chi connectivity index (χ2v) is 3.36. The van der Waals surface area contributed by atoms with Gasteiger partial charge < -0.3 is 24.0 Å². The summed E-state index contributed by atoms with van der Waals surface area (Å²) in [5.74, 6) is 0. The molecule has 2 heteroatoms. The van der Waals surface area contributed by atoms with Gasteiger partial charge in [0.25, 0.3) is 0 Å². The monoisotopic (exact) mass is 299 g/mol. The van der Waals surface area contributed by atoms with Crippen LogP contribution in [0.4, 0.5) is 0 Å². The second kappa shape index (κ2) is 4.73. The van der Waals surface area contributed by atoms with Crippen LogP contribution in [0.1, 0.15) is 18.2 Å². The minimum Gasteiger partial charge on any atom is -1.00 e. The third-order valence-electron chi connectivity index (χ3n) is 2.48. The van der Waals surface area contributed by atoms with Crippen molar-refractivity contribution in [2.24, 2.45) is 0 Å². The topological polar surface area (TPSA) is 15.8 Å². The number of aromatic amines is 1. The van der Waals surface area contributed by atoms with Gasteiger partial charge in [0.15, 0.2) is 0 Å². The van der Waals surface area contributed by atoms with Crippen LogP contribution >= 0.6 is 0 Å². The molecule has 0 atom stereocenters. The number of nitrogens with one attached hydrogen (secondary N) is 1. The molecule has 0 aliphatic heterocycles.